The van der Waals surface area contributed by atoms with Gasteiger partial charge in [0, 0.05) is 17.1 Å². The Hall–Kier alpha value is -0.930. The second kappa shape index (κ2) is 5.61. The van der Waals surface area contributed by atoms with Crippen LogP contribution in [0.2, 0.25) is 5.02 Å². The van der Waals surface area contributed by atoms with E-state index in [4.69, 9.17) is 21.1 Å². The summed E-state index contributed by atoms with van der Waals surface area (Å²) in [5.74, 6) is 1.41. The topological polar surface area (TPSA) is 30.5 Å². The van der Waals surface area contributed by atoms with E-state index >= 15 is 0 Å². The van der Waals surface area contributed by atoms with Crippen molar-refractivity contribution in [1.82, 2.24) is 5.32 Å². The summed E-state index contributed by atoms with van der Waals surface area (Å²) in [5.41, 5.74) is 1.10. The lowest BCUT2D eigenvalue weighted by Gasteiger charge is -2.25. The summed E-state index contributed by atoms with van der Waals surface area (Å²) in [6, 6.07) is 4.13. The fraction of sp³-hybridized carbons (Fsp3) is 0.538. The molecule has 0 radical (unpaired) electrons. The molecule has 1 atom stereocenters. The SMILES string of the molecule is COc1cc(Cl)c(C2CCCCN2)cc1OC. The smallest absolute Gasteiger partial charge is 0.162 e. The number of benzene rings is 1. The lowest BCUT2D eigenvalue weighted by molar-refractivity contribution is 0.352. The second-order valence-electron chi connectivity index (χ2n) is 4.23. The van der Waals surface area contributed by atoms with Gasteiger partial charge in [0.2, 0.25) is 0 Å². The number of methoxy groups -OCH3 is 2. The highest BCUT2D eigenvalue weighted by molar-refractivity contribution is 6.31. The zero-order valence-corrected chi connectivity index (χ0v) is 11.0. The van der Waals surface area contributed by atoms with E-state index < -0.39 is 0 Å². The number of halogens is 1. The molecule has 17 heavy (non-hydrogen) atoms. The van der Waals surface area contributed by atoms with Crippen molar-refractivity contribution >= 4 is 11.6 Å². The van der Waals surface area contributed by atoms with Crippen molar-refractivity contribution in [3.8, 4) is 11.5 Å². The van der Waals surface area contributed by atoms with Crippen LogP contribution in [0.3, 0.4) is 0 Å². The fourth-order valence-electron chi connectivity index (χ4n) is 2.25. The van der Waals surface area contributed by atoms with E-state index in [0.717, 1.165) is 29.3 Å². The van der Waals surface area contributed by atoms with Crippen LogP contribution in [-0.4, -0.2) is 20.8 Å². The van der Waals surface area contributed by atoms with E-state index in [-0.39, 0.29) is 0 Å². The summed E-state index contributed by atoms with van der Waals surface area (Å²) in [6.45, 7) is 1.05. The summed E-state index contributed by atoms with van der Waals surface area (Å²) in [7, 11) is 3.26. The number of piperidine rings is 1. The van der Waals surface area contributed by atoms with E-state index in [9.17, 15) is 0 Å². The molecule has 1 aliphatic rings. The molecule has 0 aliphatic carbocycles. The molecule has 0 aromatic heterocycles. The van der Waals surface area contributed by atoms with Crippen LogP contribution in [-0.2, 0) is 0 Å². The molecule has 0 saturated carbocycles. The number of nitrogens with one attached hydrogen (secondary N) is 1. The minimum Gasteiger partial charge on any atom is -0.493 e. The summed E-state index contributed by atoms with van der Waals surface area (Å²) in [4.78, 5) is 0. The van der Waals surface area contributed by atoms with Gasteiger partial charge in [-0.3, -0.25) is 0 Å². The Morgan fingerprint density at radius 2 is 1.88 bits per heavy atom. The molecule has 94 valence electrons. The van der Waals surface area contributed by atoms with Gasteiger partial charge in [-0.15, -0.1) is 0 Å². The van der Waals surface area contributed by atoms with Gasteiger partial charge in [-0.25, -0.2) is 0 Å². The van der Waals surface area contributed by atoms with Crippen molar-refractivity contribution in [3.63, 3.8) is 0 Å². The molecule has 0 spiro atoms. The van der Waals surface area contributed by atoms with Crippen LogP contribution in [0.25, 0.3) is 0 Å². The summed E-state index contributed by atoms with van der Waals surface area (Å²) >= 11 is 6.29. The van der Waals surface area contributed by atoms with Crippen LogP contribution in [0.1, 0.15) is 30.9 Å². The molecule has 1 heterocycles. The third-order valence-corrected chi connectivity index (χ3v) is 3.52. The van der Waals surface area contributed by atoms with Gasteiger partial charge >= 0.3 is 0 Å². The predicted molar refractivity (Wildman–Crippen MR) is 69.2 cm³/mol. The van der Waals surface area contributed by atoms with E-state index in [1.165, 1.54) is 12.8 Å². The monoisotopic (exact) mass is 255 g/mol. The van der Waals surface area contributed by atoms with Gasteiger partial charge in [-0.2, -0.15) is 0 Å². The van der Waals surface area contributed by atoms with Crippen LogP contribution in [0, 0.1) is 0 Å². The minimum absolute atomic E-state index is 0.330. The summed E-state index contributed by atoms with van der Waals surface area (Å²) in [5, 5.41) is 4.22. The average Bonchev–Trinajstić information content (AvgIpc) is 2.39. The number of ether oxygens (including phenoxy) is 2. The van der Waals surface area contributed by atoms with E-state index in [1.807, 2.05) is 12.1 Å². The molecular formula is C13H18ClNO2. The molecule has 0 bridgehead atoms. The molecule has 1 saturated heterocycles. The molecule has 1 aliphatic heterocycles. The first kappa shape index (κ1) is 12.5. The van der Waals surface area contributed by atoms with Crippen LogP contribution >= 0.6 is 11.6 Å². The van der Waals surface area contributed by atoms with Crippen LogP contribution in [0.5, 0.6) is 11.5 Å². The third kappa shape index (κ3) is 2.67. The van der Waals surface area contributed by atoms with Crippen molar-refractivity contribution in [2.24, 2.45) is 0 Å². The quantitative estimate of drug-likeness (QED) is 0.900. The highest BCUT2D eigenvalue weighted by Crippen LogP contribution is 2.37. The van der Waals surface area contributed by atoms with Crippen molar-refractivity contribution in [3.05, 3.63) is 22.7 Å². The highest BCUT2D eigenvalue weighted by Gasteiger charge is 2.19. The lowest BCUT2D eigenvalue weighted by atomic mass is 9.97. The molecule has 0 amide bonds. The van der Waals surface area contributed by atoms with Gasteiger partial charge < -0.3 is 14.8 Å². The Bertz CT molecular complexity index is 389. The Balaban J connectivity index is 2.32. The van der Waals surface area contributed by atoms with E-state index in [2.05, 4.69) is 5.32 Å². The zero-order valence-electron chi connectivity index (χ0n) is 10.3. The van der Waals surface area contributed by atoms with Crippen molar-refractivity contribution in [2.45, 2.75) is 25.3 Å². The first-order chi connectivity index (χ1) is 8.26. The van der Waals surface area contributed by atoms with Crippen molar-refractivity contribution in [1.29, 1.82) is 0 Å². The molecule has 2 rings (SSSR count). The molecule has 1 fully saturated rings. The molecule has 1 aromatic carbocycles. The number of hydrogen-bond acceptors (Lipinski definition) is 3. The van der Waals surface area contributed by atoms with Crippen LogP contribution < -0.4 is 14.8 Å². The van der Waals surface area contributed by atoms with E-state index in [0.29, 0.717) is 11.8 Å². The average molecular weight is 256 g/mol. The molecule has 1 N–H and O–H groups in total. The van der Waals surface area contributed by atoms with Gasteiger partial charge in [-0.1, -0.05) is 18.0 Å². The molecule has 1 aromatic rings. The number of hydrogen-bond donors (Lipinski definition) is 1. The maximum Gasteiger partial charge on any atom is 0.162 e. The maximum absolute atomic E-state index is 6.29. The summed E-state index contributed by atoms with van der Waals surface area (Å²) < 4.78 is 10.5. The van der Waals surface area contributed by atoms with Gasteiger partial charge in [0.25, 0.3) is 0 Å². The molecule has 3 nitrogen and oxygen atoms in total. The Kier molecular flexibility index (Phi) is 4.13. The van der Waals surface area contributed by atoms with Crippen molar-refractivity contribution in [2.75, 3.05) is 20.8 Å². The highest BCUT2D eigenvalue weighted by atomic mass is 35.5. The minimum atomic E-state index is 0.330. The molecule has 4 heteroatoms. The van der Waals surface area contributed by atoms with Gasteiger partial charge in [0.1, 0.15) is 0 Å². The fourth-order valence-corrected chi connectivity index (χ4v) is 2.54. The first-order valence-electron chi connectivity index (χ1n) is 5.91. The van der Waals surface area contributed by atoms with Gasteiger partial charge in [0.15, 0.2) is 11.5 Å². The molecular weight excluding hydrogens is 238 g/mol. The van der Waals surface area contributed by atoms with Crippen LogP contribution in [0.15, 0.2) is 12.1 Å². The largest absolute Gasteiger partial charge is 0.493 e. The number of rotatable bonds is 3. The molecule has 1 unspecified atom stereocenters. The second-order valence-corrected chi connectivity index (χ2v) is 4.64. The Morgan fingerprint density at radius 1 is 1.18 bits per heavy atom. The van der Waals surface area contributed by atoms with E-state index in [1.54, 1.807) is 14.2 Å². The third-order valence-electron chi connectivity index (χ3n) is 3.19. The standard InChI is InChI=1S/C13H18ClNO2/c1-16-12-7-9(10(14)8-13(12)17-2)11-5-3-4-6-15-11/h7-8,11,15H,3-6H2,1-2H3. The Morgan fingerprint density at radius 3 is 2.47 bits per heavy atom. The Labute approximate surface area is 107 Å². The van der Waals surface area contributed by atoms with Crippen LogP contribution in [0.4, 0.5) is 0 Å². The van der Waals surface area contributed by atoms with Crippen molar-refractivity contribution < 1.29 is 9.47 Å². The zero-order chi connectivity index (χ0) is 12.3. The maximum atomic E-state index is 6.29. The summed E-state index contributed by atoms with van der Waals surface area (Å²) in [6.07, 6.45) is 3.60. The first-order valence-corrected chi connectivity index (χ1v) is 6.29. The normalized spacial score (nSPS) is 20.1. The predicted octanol–water partition coefficient (Wildman–Crippen LogP) is 3.17. The van der Waals surface area contributed by atoms with Gasteiger partial charge in [-0.05, 0) is 31.0 Å². The lowest BCUT2D eigenvalue weighted by Crippen LogP contribution is -2.27. The van der Waals surface area contributed by atoms with Gasteiger partial charge in [0.05, 0.1) is 14.2 Å².